The number of rotatable bonds is 7. The van der Waals surface area contributed by atoms with Gasteiger partial charge in [0.1, 0.15) is 0 Å². The molecule has 0 amide bonds. The predicted octanol–water partition coefficient (Wildman–Crippen LogP) is 2.44. The number of hydrogen-bond acceptors (Lipinski definition) is 2. The molecule has 0 aromatic rings. The van der Waals surface area contributed by atoms with Crippen molar-refractivity contribution in [3.8, 4) is 0 Å². The van der Waals surface area contributed by atoms with Gasteiger partial charge in [-0.15, -0.1) is 0 Å². The maximum atomic E-state index is 10.5. The number of aliphatic carboxylic acids is 1. The van der Waals surface area contributed by atoms with Gasteiger partial charge in [-0.3, -0.25) is 4.79 Å². The van der Waals surface area contributed by atoms with E-state index in [2.05, 4.69) is 20.8 Å². The normalized spacial score (nSPS) is 16.6. The van der Waals surface area contributed by atoms with Crippen LogP contribution in [0.25, 0.3) is 0 Å². The molecular weight excluding hydrogens is 220 g/mol. The van der Waals surface area contributed by atoms with Gasteiger partial charge in [-0.05, 0) is 30.7 Å². The molecule has 0 spiro atoms. The molecule has 1 unspecified atom stereocenters. The number of carboxylic acid groups (broad SMARTS) is 1. The molecule has 1 N–H and O–H groups in total. The maximum absolute atomic E-state index is 10.5. The molecule has 4 heteroatoms. The summed E-state index contributed by atoms with van der Waals surface area (Å²) in [5, 5.41) is 8.65. The Morgan fingerprint density at radius 2 is 1.94 bits per heavy atom. The minimum Gasteiger partial charge on any atom is -0.481 e. The van der Waals surface area contributed by atoms with Gasteiger partial charge in [0.15, 0.2) is 9.76 Å². The van der Waals surface area contributed by atoms with Crippen molar-refractivity contribution in [3.63, 3.8) is 0 Å². The summed E-state index contributed by atoms with van der Waals surface area (Å²) in [6, 6.07) is 1.17. The van der Waals surface area contributed by atoms with Crippen LogP contribution in [0.15, 0.2) is 0 Å². The highest BCUT2D eigenvalue weighted by Gasteiger charge is 2.14. The molecule has 0 bridgehead atoms. The average Bonchev–Trinajstić information content (AvgIpc) is 1.98. The first-order valence-corrected chi connectivity index (χ1v) is 7.62. The van der Waals surface area contributed by atoms with Crippen molar-refractivity contribution in [1.29, 1.82) is 0 Å². The van der Waals surface area contributed by atoms with Crippen molar-refractivity contribution in [1.82, 2.24) is 0 Å². The third-order valence-corrected chi connectivity index (χ3v) is 5.02. The van der Waals surface area contributed by atoms with Crippen LogP contribution in [0, 0.1) is 11.3 Å². The van der Waals surface area contributed by atoms with Gasteiger partial charge in [-0.25, -0.2) is 0 Å². The van der Waals surface area contributed by atoms with Crippen molar-refractivity contribution in [2.75, 3.05) is 0 Å². The monoisotopic (exact) mass is 246 g/mol. The number of carbonyl (C=O) groups is 1. The van der Waals surface area contributed by atoms with Gasteiger partial charge in [0.2, 0.25) is 0 Å². The van der Waals surface area contributed by atoms with E-state index in [1.54, 1.807) is 0 Å². The summed E-state index contributed by atoms with van der Waals surface area (Å²) >= 11 is 0. The molecular formula is C12H26O3Si. The van der Waals surface area contributed by atoms with E-state index in [9.17, 15) is 4.79 Å². The first-order valence-electron chi connectivity index (χ1n) is 6.04. The molecule has 0 aliphatic carbocycles. The summed E-state index contributed by atoms with van der Waals surface area (Å²) in [5.41, 5.74) is 0.360. The summed E-state index contributed by atoms with van der Waals surface area (Å²) in [6.07, 6.45) is 1.31. The molecule has 0 fully saturated rings. The molecule has 16 heavy (non-hydrogen) atoms. The van der Waals surface area contributed by atoms with Gasteiger partial charge in [0, 0.05) is 12.5 Å². The molecule has 0 aromatic carbocycles. The molecule has 0 saturated carbocycles. The lowest BCUT2D eigenvalue weighted by Gasteiger charge is -2.21. The van der Waals surface area contributed by atoms with E-state index in [4.69, 9.17) is 9.53 Å². The second kappa shape index (κ2) is 7.07. The van der Waals surface area contributed by atoms with E-state index in [0.717, 1.165) is 6.42 Å². The van der Waals surface area contributed by atoms with Gasteiger partial charge in [-0.2, -0.15) is 0 Å². The van der Waals surface area contributed by atoms with E-state index >= 15 is 0 Å². The third kappa shape index (κ3) is 10.2. The van der Waals surface area contributed by atoms with E-state index < -0.39 is 15.7 Å². The molecule has 0 heterocycles. The molecule has 0 aliphatic heterocycles. The van der Waals surface area contributed by atoms with E-state index in [0.29, 0.717) is 5.41 Å². The van der Waals surface area contributed by atoms with Crippen molar-refractivity contribution in [2.45, 2.75) is 59.6 Å². The quantitative estimate of drug-likeness (QED) is 0.702. The second-order valence-corrected chi connectivity index (χ2v) is 7.17. The van der Waals surface area contributed by atoms with Crippen LogP contribution in [0.4, 0.5) is 0 Å². The molecule has 96 valence electrons. The van der Waals surface area contributed by atoms with Crippen molar-refractivity contribution >= 4 is 15.7 Å². The van der Waals surface area contributed by atoms with Gasteiger partial charge < -0.3 is 9.53 Å². The van der Waals surface area contributed by atoms with Gasteiger partial charge in [-0.1, -0.05) is 27.7 Å². The minimum atomic E-state index is -0.716. The summed E-state index contributed by atoms with van der Waals surface area (Å²) in [6.45, 7) is 10.7. The van der Waals surface area contributed by atoms with Crippen molar-refractivity contribution < 1.29 is 14.3 Å². The highest BCUT2D eigenvalue weighted by molar-refractivity contribution is 6.27. The lowest BCUT2D eigenvalue weighted by molar-refractivity contribution is -0.138. The predicted molar refractivity (Wildman–Crippen MR) is 69.4 cm³/mol. The van der Waals surface area contributed by atoms with Crippen molar-refractivity contribution in [2.24, 2.45) is 11.3 Å². The maximum Gasteiger partial charge on any atom is 0.303 e. The lowest BCUT2D eigenvalue weighted by Crippen LogP contribution is -2.19. The number of carboxylic acids is 1. The van der Waals surface area contributed by atoms with Gasteiger partial charge >= 0.3 is 5.97 Å². The highest BCUT2D eigenvalue weighted by atomic mass is 28.2. The minimum absolute atomic E-state index is 0.205. The van der Waals surface area contributed by atoms with Crippen LogP contribution in [0.2, 0.25) is 6.04 Å². The Bertz CT molecular complexity index is 211. The van der Waals surface area contributed by atoms with E-state index in [1.165, 1.54) is 6.04 Å². The molecule has 0 aliphatic rings. The molecule has 2 atom stereocenters. The fourth-order valence-corrected chi connectivity index (χ4v) is 2.85. The Morgan fingerprint density at radius 3 is 2.38 bits per heavy atom. The topological polar surface area (TPSA) is 46.5 Å². The van der Waals surface area contributed by atoms with E-state index in [-0.39, 0.29) is 18.4 Å². The SMILES string of the molecule is CC(CC(=O)O)C[C@H](C)O[SiH2]CC(C)(C)C. The summed E-state index contributed by atoms with van der Waals surface area (Å²) in [5.74, 6) is -0.511. The van der Waals surface area contributed by atoms with Crippen molar-refractivity contribution in [3.05, 3.63) is 0 Å². The zero-order valence-corrected chi connectivity index (χ0v) is 12.7. The van der Waals surface area contributed by atoms with Crippen LogP contribution in [0.5, 0.6) is 0 Å². The first kappa shape index (κ1) is 15.6. The number of hydrogen-bond donors (Lipinski definition) is 1. The fourth-order valence-electron chi connectivity index (χ4n) is 1.58. The molecule has 0 rings (SSSR count). The fraction of sp³-hybridized carbons (Fsp3) is 0.917. The second-order valence-electron chi connectivity index (χ2n) is 5.93. The van der Waals surface area contributed by atoms with Crippen LogP contribution in [-0.4, -0.2) is 26.9 Å². The lowest BCUT2D eigenvalue weighted by atomic mass is 10.0. The van der Waals surface area contributed by atoms with E-state index in [1.807, 2.05) is 13.8 Å². The Balaban J connectivity index is 3.66. The molecule has 0 radical (unpaired) electrons. The van der Waals surface area contributed by atoms with Crippen LogP contribution < -0.4 is 0 Å². The largest absolute Gasteiger partial charge is 0.481 e. The summed E-state index contributed by atoms with van der Waals surface area (Å²) in [4.78, 5) is 10.5. The first-order chi connectivity index (χ1) is 7.20. The Labute approximate surface area is 102 Å². The zero-order chi connectivity index (χ0) is 12.8. The van der Waals surface area contributed by atoms with Crippen LogP contribution >= 0.6 is 0 Å². The average molecular weight is 246 g/mol. The molecule has 0 aromatic heterocycles. The van der Waals surface area contributed by atoms with Gasteiger partial charge in [0.05, 0.1) is 0 Å². The zero-order valence-electron chi connectivity index (χ0n) is 11.2. The van der Waals surface area contributed by atoms with Crippen LogP contribution in [-0.2, 0) is 9.22 Å². The molecule has 0 saturated heterocycles. The molecule has 3 nitrogen and oxygen atoms in total. The van der Waals surface area contributed by atoms with Crippen LogP contribution in [0.1, 0.15) is 47.5 Å². The smallest absolute Gasteiger partial charge is 0.303 e. The summed E-state index contributed by atoms with van der Waals surface area (Å²) in [7, 11) is -0.458. The summed E-state index contributed by atoms with van der Waals surface area (Å²) < 4.78 is 5.82. The Hall–Kier alpha value is -0.353. The Morgan fingerprint density at radius 1 is 1.38 bits per heavy atom. The van der Waals surface area contributed by atoms with Crippen LogP contribution in [0.3, 0.4) is 0 Å². The highest BCUT2D eigenvalue weighted by Crippen LogP contribution is 2.19. The van der Waals surface area contributed by atoms with Gasteiger partial charge in [0.25, 0.3) is 0 Å². The Kier molecular flexibility index (Phi) is 6.91. The standard InChI is InChI=1S/C12H26O3Si/c1-9(7-11(13)14)6-10(2)15-16-8-12(3,4)5/h9-10H,6-8,16H2,1-5H3,(H,13,14)/t9?,10-/m0/s1. The third-order valence-electron chi connectivity index (χ3n) is 2.51.